The predicted molar refractivity (Wildman–Crippen MR) is 54.6 cm³/mol. The summed E-state index contributed by atoms with van der Waals surface area (Å²) in [5, 5.41) is 0. The summed E-state index contributed by atoms with van der Waals surface area (Å²) in [6.45, 7) is 2.46. The summed E-state index contributed by atoms with van der Waals surface area (Å²) in [7, 11) is 0. The van der Waals surface area contributed by atoms with Crippen LogP contribution in [0.2, 0.25) is 0 Å². The molecular weight excluding hydrogens is 156 g/mol. The van der Waals surface area contributed by atoms with Crippen molar-refractivity contribution in [1.82, 2.24) is 0 Å². The summed E-state index contributed by atoms with van der Waals surface area (Å²) >= 11 is 0. The lowest BCUT2D eigenvalue weighted by Crippen LogP contribution is -1.98. The van der Waals surface area contributed by atoms with Crippen LogP contribution in [0.3, 0.4) is 0 Å². The van der Waals surface area contributed by atoms with Crippen molar-refractivity contribution in [3.8, 4) is 0 Å². The fourth-order valence-corrected chi connectivity index (χ4v) is 3.09. The molecule has 0 spiro atoms. The zero-order chi connectivity index (χ0) is 8.89. The Bertz CT molecular complexity index is 314. The molecule has 0 aliphatic heterocycles. The fraction of sp³-hybridized carbons (Fsp3) is 0.538. The zero-order valence-corrected chi connectivity index (χ0v) is 8.16. The lowest BCUT2D eigenvalue weighted by Gasteiger charge is -2.13. The second-order valence-corrected chi connectivity index (χ2v) is 5.10. The first-order valence-corrected chi connectivity index (χ1v) is 5.33. The Labute approximate surface area is 80.0 Å². The Hall–Kier alpha value is -0.780. The molecule has 0 radical (unpaired) electrons. The largest absolute Gasteiger partial charge is 0.0622 e. The lowest BCUT2D eigenvalue weighted by atomic mass is 9.92. The van der Waals surface area contributed by atoms with E-state index in [2.05, 4.69) is 37.3 Å². The number of benzene rings is 1. The van der Waals surface area contributed by atoms with Crippen LogP contribution in [0.1, 0.15) is 37.7 Å². The van der Waals surface area contributed by atoms with Gasteiger partial charge in [0, 0.05) is 0 Å². The van der Waals surface area contributed by atoms with Gasteiger partial charge in [0.15, 0.2) is 0 Å². The molecule has 2 unspecified atom stereocenters. The van der Waals surface area contributed by atoms with Gasteiger partial charge in [0.2, 0.25) is 0 Å². The van der Waals surface area contributed by atoms with E-state index >= 15 is 0 Å². The van der Waals surface area contributed by atoms with Gasteiger partial charge in [-0.2, -0.15) is 0 Å². The maximum atomic E-state index is 2.46. The standard InChI is InChI=1S/C13H16/c1-13-8-11(7-12(13)9-13)10-5-3-2-4-6-10/h2-6,11-12H,7-9H2,1H3/t11?,12?,13-/m0/s1. The average Bonchev–Trinajstić information content (AvgIpc) is 2.67. The van der Waals surface area contributed by atoms with Crippen molar-refractivity contribution in [2.24, 2.45) is 11.3 Å². The first-order chi connectivity index (χ1) is 6.28. The molecule has 3 rings (SSSR count). The third-order valence-electron chi connectivity index (χ3n) is 4.09. The Morgan fingerprint density at radius 3 is 2.54 bits per heavy atom. The van der Waals surface area contributed by atoms with Gasteiger partial charge in [0.25, 0.3) is 0 Å². The molecule has 0 bridgehead atoms. The summed E-state index contributed by atoms with van der Waals surface area (Å²) in [5.41, 5.74) is 2.30. The third-order valence-corrected chi connectivity index (χ3v) is 4.09. The molecule has 2 aliphatic carbocycles. The van der Waals surface area contributed by atoms with Gasteiger partial charge in [0.05, 0.1) is 0 Å². The maximum Gasteiger partial charge on any atom is -0.0154 e. The smallest absolute Gasteiger partial charge is 0.0154 e. The molecule has 0 heteroatoms. The molecule has 2 saturated carbocycles. The molecule has 0 nitrogen and oxygen atoms in total. The molecule has 1 aromatic rings. The van der Waals surface area contributed by atoms with E-state index in [0.29, 0.717) is 0 Å². The Morgan fingerprint density at radius 1 is 1.15 bits per heavy atom. The van der Waals surface area contributed by atoms with Crippen molar-refractivity contribution in [3.05, 3.63) is 35.9 Å². The van der Waals surface area contributed by atoms with Crippen LogP contribution in [0.4, 0.5) is 0 Å². The van der Waals surface area contributed by atoms with E-state index in [0.717, 1.165) is 17.3 Å². The summed E-state index contributed by atoms with van der Waals surface area (Å²) in [6, 6.07) is 11.0. The zero-order valence-electron chi connectivity index (χ0n) is 8.16. The lowest BCUT2D eigenvalue weighted by molar-refractivity contribution is 0.516. The third kappa shape index (κ3) is 1.12. The highest BCUT2D eigenvalue weighted by Crippen LogP contribution is 2.67. The molecule has 68 valence electrons. The van der Waals surface area contributed by atoms with Gasteiger partial charge in [0.1, 0.15) is 0 Å². The van der Waals surface area contributed by atoms with Gasteiger partial charge in [-0.05, 0) is 42.1 Å². The molecule has 13 heavy (non-hydrogen) atoms. The van der Waals surface area contributed by atoms with Gasteiger partial charge in [-0.15, -0.1) is 0 Å². The number of hydrogen-bond donors (Lipinski definition) is 0. The molecule has 3 atom stereocenters. The second-order valence-electron chi connectivity index (χ2n) is 5.10. The SMILES string of the molecule is C[C@@]12CC(c3ccccc3)CC1C2. The molecule has 0 aromatic heterocycles. The van der Waals surface area contributed by atoms with Crippen molar-refractivity contribution in [3.63, 3.8) is 0 Å². The molecule has 0 N–H and O–H groups in total. The number of rotatable bonds is 1. The highest BCUT2D eigenvalue weighted by molar-refractivity contribution is 5.24. The van der Waals surface area contributed by atoms with Crippen molar-refractivity contribution < 1.29 is 0 Å². The van der Waals surface area contributed by atoms with Crippen LogP contribution in [-0.2, 0) is 0 Å². The summed E-state index contributed by atoms with van der Waals surface area (Å²) in [4.78, 5) is 0. The molecule has 1 aromatic carbocycles. The van der Waals surface area contributed by atoms with Crippen LogP contribution >= 0.6 is 0 Å². The van der Waals surface area contributed by atoms with E-state index < -0.39 is 0 Å². The average molecular weight is 172 g/mol. The Morgan fingerprint density at radius 2 is 1.92 bits per heavy atom. The van der Waals surface area contributed by atoms with Gasteiger partial charge in [-0.25, -0.2) is 0 Å². The van der Waals surface area contributed by atoms with Gasteiger partial charge >= 0.3 is 0 Å². The fourth-order valence-electron chi connectivity index (χ4n) is 3.09. The summed E-state index contributed by atoms with van der Waals surface area (Å²) in [6.07, 6.45) is 4.37. The molecular formula is C13H16. The van der Waals surface area contributed by atoms with Crippen molar-refractivity contribution >= 4 is 0 Å². The van der Waals surface area contributed by atoms with E-state index in [-0.39, 0.29) is 0 Å². The number of hydrogen-bond acceptors (Lipinski definition) is 0. The quantitative estimate of drug-likeness (QED) is 0.607. The minimum Gasteiger partial charge on any atom is -0.0622 e. The second kappa shape index (κ2) is 2.37. The van der Waals surface area contributed by atoms with Crippen molar-refractivity contribution in [1.29, 1.82) is 0 Å². The van der Waals surface area contributed by atoms with E-state index in [1.807, 2.05) is 0 Å². The molecule has 0 saturated heterocycles. The summed E-state index contributed by atoms with van der Waals surface area (Å²) in [5.74, 6) is 1.92. The van der Waals surface area contributed by atoms with Crippen LogP contribution in [0.15, 0.2) is 30.3 Å². The van der Waals surface area contributed by atoms with E-state index in [4.69, 9.17) is 0 Å². The van der Waals surface area contributed by atoms with Crippen molar-refractivity contribution in [2.75, 3.05) is 0 Å². The maximum absolute atomic E-state index is 2.46. The molecule has 0 heterocycles. The Kier molecular flexibility index (Phi) is 1.39. The first kappa shape index (κ1) is 7.61. The topological polar surface area (TPSA) is 0 Å². The highest BCUT2D eigenvalue weighted by Gasteiger charge is 2.56. The van der Waals surface area contributed by atoms with Gasteiger partial charge in [-0.3, -0.25) is 0 Å². The molecule has 2 aliphatic rings. The highest BCUT2D eigenvalue weighted by atomic mass is 14.6. The molecule has 2 fully saturated rings. The van der Waals surface area contributed by atoms with Crippen molar-refractivity contribution in [2.45, 2.75) is 32.1 Å². The first-order valence-electron chi connectivity index (χ1n) is 5.33. The summed E-state index contributed by atoms with van der Waals surface area (Å²) < 4.78 is 0. The Balaban J connectivity index is 1.82. The minimum atomic E-state index is 0.737. The normalized spacial score (nSPS) is 41.6. The van der Waals surface area contributed by atoms with E-state index in [1.54, 1.807) is 5.56 Å². The molecule has 0 amide bonds. The van der Waals surface area contributed by atoms with E-state index in [9.17, 15) is 0 Å². The predicted octanol–water partition coefficient (Wildman–Crippen LogP) is 3.59. The van der Waals surface area contributed by atoms with Crippen LogP contribution < -0.4 is 0 Å². The van der Waals surface area contributed by atoms with Gasteiger partial charge in [-0.1, -0.05) is 37.3 Å². The van der Waals surface area contributed by atoms with Crippen LogP contribution in [0, 0.1) is 11.3 Å². The number of fused-ring (bicyclic) bond motifs is 1. The van der Waals surface area contributed by atoms with E-state index in [1.165, 1.54) is 19.3 Å². The monoisotopic (exact) mass is 172 g/mol. The van der Waals surface area contributed by atoms with Gasteiger partial charge < -0.3 is 0 Å². The van der Waals surface area contributed by atoms with Crippen LogP contribution in [0.25, 0.3) is 0 Å². The minimum absolute atomic E-state index is 0.737. The van der Waals surface area contributed by atoms with Crippen LogP contribution in [-0.4, -0.2) is 0 Å². The van der Waals surface area contributed by atoms with Crippen LogP contribution in [0.5, 0.6) is 0 Å².